The first kappa shape index (κ1) is 27.4. The first-order valence-corrected chi connectivity index (χ1v) is 12.4. The molecule has 0 spiro atoms. The van der Waals surface area contributed by atoms with Gasteiger partial charge >= 0.3 is 6.18 Å². The Hall–Kier alpha value is -5.15. The van der Waals surface area contributed by atoms with E-state index in [0.29, 0.717) is 41.6 Å². The standard InChI is InChI=1S/C29H24F3N7O2/c1-19-6-8-23(37-28(40)21-4-3-5-22(14-21)29(30,31)32)15-20(19)7-9-25-17-34-27-26(33-10-11-39(25)27)36-24-16-35-38(18-24)12-13-41-2/h3-6,8,10-11,14-18H,12-13H2,1-2H3,(H,33,36)(H,37,40). The number of carbonyl (C=O) groups is 1. The summed E-state index contributed by atoms with van der Waals surface area (Å²) in [7, 11) is 1.63. The maximum Gasteiger partial charge on any atom is 0.416 e. The van der Waals surface area contributed by atoms with Gasteiger partial charge in [0.2, 0.25) is 0 Å². The minimum absolute atomic E-state index is 0.0980. The first-order valence-electron chi connectivity index (χ1n) is 12.4. The van der Waals surface area contributed by atoms with Gasteiger partial charge in [0.25, 0.3) is 5.91 Å². The number of amides is 1. The van der Waals surface area contributed by atoms with Crippen LogP contribution >= 0.6 is 0 Å². The number of halogens is 3. The van der Waals surface area contributed by atoms with Gasteiger partial charge in [-0.3, -0.25) is 13.9 Å². The van der Waals surface area contributed by atoms with Gasteiger partial charge in [0.15, 0.2) is 11.5 Å². The molecular formula is C29H24F3N7O2. The Morgan fingerprint density at radius 2 is 1.93 bits per heavy atom. The average Bonchev–Trinajstić information content (AvgIpc) is 3.59. The lowest BCUT2D eigenvalue weighted by molar-refractivity contribution is -0.137. The lowest BCUT2D eigenvalue weighted by Gasteiger charge is -2.10. The van der Waals surface area contributed by atoms with Crippen molar-refractivity contribution in [1.29, 1.82) is 0 Å². The van der Waals surface area contributed by atoms with Gasteiger partial charge in [0.05, 0.1) is 36.8 Å². The summed E-state index contributed by atoms with van der Waals surface area (Å²) in [4.78, 5) is 21.5. The molecule has 0 aliphatic rings. The predicted molar refractivity (Wildman–Crippen MR) is 147 cm³/mol. The number of imidazole rings is 1. The zero-order chi connectivity index (χ0) is 29.0. The number of anilines is 3. The summed E-state index contributed by atoms with van der Waals surface area (Å²) in [6.07, 6.45) is 4.00. The van der Waals surface area contributed by atoms with E-state index < -0.39 is 17.6 Å². The number of methoxy groups -OCH3 is 1. The van der Waals surface area contributed by atoms with Gasteiger partial charge in [0, 0.05) is 42.5 Å². The molecule has 3 heterocycles. The van der Waals surface area contributed by atoms with E-state index in [4.69, 9.17) is 4.74 Å². The Kier molecular flexibility index (Phi) is 7.71. The highest BCUT2D eigenvalue weighted by molar-refractivity contribution is 6.04. The number of hydrogen-bond donors (Lipinski definition) is 2. The van der Waals surface area contributed by atoms with Crippen LogP contribution in [0, 0.1) is 18.8 Å². The quantitative estimate of drug-likeness (QED) is 0.263. The maximum atomic E-state index is 13.0. The summed E-state index contributed by atoms with van der Waals surface area (Å²) in [6.45, 7) is 3.03. The van der Waals surface area contributed by atoms with Gasteiger partial charge in [0.1, 0.15) is 5.69 Å². The molecule has 5 aromatic rings. The molecule has 0 saturated carbocycles. The van der Waals surface area contributed by atoms with Crippen molar-refractivity contribution < 1.29 is 22.7 Å². The van der Waals surface area contributed by atoms with Crippen molar-refractivity contribution in [1.82, 2.24) is 24.1 Å². The molecule has 5 rings (SSSR count). The lowest BCUT2D eigenvalue weighted by atomic mass is 10.1. The summed E-state index contributed by atoms with van der Waals surface area (Å²) in [5.74, 6) is 6.09. The van der Waals surface area contributed by atoms with Crippen molar-refractivity contribution in [2.75, 3.05) is 24.4 Å². The fourth-order valence-corrected chi connectivity index (χ4v) is 3.98. The van der Waals surface area contributed by atoms with E-state index >= 15 is 0 Å². The molecule has 3 aromatic heterocycles. The Balaban J connectivity index is 1.35. The summed E-state index contributed by atoms with van der Waals surface area (Å²) in [5.41, 5.74) is 2.84. The van der Waals surface area contributed by atoms with Gasteiger partial charge in [-0.25, -0.2) is 9.97 Å². The molecule has 208 valence electrons. The van der Waals surface area contributed by atoms with Crippen LogP contribution in [0.25, 0.3) is 5.65 Å². The fraction of sp³-hybridized carbons (Fsp3) is 0.172. The number of ether oxygens (including phenoxy) is 1. The zero-order valence-corrected chi connectivity index (χ0v) is 22.0. The average molecular weight is 560 g/mol. The van der Waals surface area contributed by atoms with Crippen LogP contribution in [0.2, 0.25) is 0 Å². The number of benzene rings is 2. The number of fused-ring (bicyclic) bond motifs is 1. The maximum absolute atomic E-state index is 13.0. The monoisotopic (exact) mass is 559 g/mol. The van der Waals surface area contributed by atoms with E-state index in [9.17, 15) is 18.0 Å². The van der Waals surface area contributed by atoms with Crippen molar-refractivity contribution in [3.05, 3.63) is 101 Å². The number of nitrogens with one attached hydrogen (secondary N) is 2. The van der Waals surface area contributed by atoms with Gasteiger partial charge in [-0.05, 0) is 48.7 Å². The Morgan fingerprint density at radius 3 is 2.73 bits per heavy atom. The molecule has 2 aromatic carbocycles. The van der Waals surface area contributed by atoms with Gasteiger partial charge in [-0.1, -0.05) is 18.1 Å². The molecule has 0 radical (unpaired) electrons. The number of aromatic nitrogens is 5. The minimum atomic E-state index is -4.54. The zero-order valence-electron chi connectivity index (χ0n) is 22.0. The van der Waals surface area contributed by atoms with E-state index in [1.54, 1.807) is 59.2 Å². The second kappa shape index (κ2) is 11.5. The van der Waals surface area contributed by atoms with Crippen LogP contribution < -0.4 is 10.6 Å². The fourth-order valence-electron chi connectivity index (χ4n) is 3.98. The van der Waals surface area contributed by atoms with Crippen LogP contribution in [0.4, 0.5) is 30.4 Å². The SMILES string of the molecule is COCCn1cc(Nc2nccn3c(C#Cc4cc(NC(=O)c5cccc(C(F)(F)F)c5)ccc4C)cnc23)cn1. The number of hydrogen-bond acceptors (Lipinski definition) is 6. The molecule has 0 aliphatic heterocycles. The summed E-state index contributed by atoms with van der Waals surface area (Å²) in [5, 5.41) is 10.2. The Bertz CT molecular complexity index is 1780. The van der Waals surface area contributed by atoms with Crippen molar-refractivity contribution in [3.8, 4) is 11.8 Å². The molecule has 0 bridgehead atoms. The smallest absolute Gasteiger partial charge is 0.383 e. The molecule has 0 fully saturated rings. The third-order valence-corrected chi connectivity index (χ3v) is 6.12. The van der Waals surface area contributed by atoms with Crippen LogP contribution in [-0.2, 0) is 17.5 Å². The highest BCUT2D eigenvalue weighted by Gasteiger charge is 2.30. The van der Waals surface area contributed by atoms with Crippen LogP contribution in [0.1, 0.15) is 32.7 Å². The first-order chi connectivity index (χ1) is 19.7. The number of aryl methyl sites for hydroxylation is 1. The van der Waals surface area contributed by atoms with Crippen LogP contribution in [-0.4, -0.2) is 43.8 Å². The lowest BCUT2D eigenvalue weighted by Crippen LogP contribution is -2.14. The summed E-state index contributed by atoms with van der Waals surface area (Å²) in [6, 6.07) is 9.39. The number of nitrogens with zero attached hydrogens (tertiary/aromatic N) is 5. The van der Waals surface area contributed by atoms with Gasteiger partial charge < -0.3 is 15.4 Å². The third kappa shape index (κ3) is 6.37. The van der Waals surface area contributed by atoms with Crippen LogP contribution in [0.15, 0.2) is 73.4 Å². The molecule has 0 aliphatic carbocycles. The topological polar surface area (TPSA) is 98.4 Å². The van der Waals surface area contributed by atoms with Crippen molar-refractivity contribution in [3.63, 3.8) is 0 Å². The molecule has 1 amide bonds. The number of rotatable bonds is 7. The van der Waals surface area contributed by atoms with E-state index in [2.05, 4.69) is 37.5 Å². The third-order valence-electron chi connectivity index (χ3n) is 6.12. The molecule has 9 nitrogen and oxygen atoms in total. The summed E-state index contributed by atoms with van der Waals surface area (Å²) < 4.78 is 47.8. The normalized spacial score (nSPS) is 11.2. The van der Waals surface area contributed by atoms with Crippen LogP contribution in [0.5, 0.6) is 0 Å². The summed E-state index contributed by atoms with van der Waals surface area (Å²) >= 11 is 0. The van der Waals surface area contributed by atoms with Crippen molar-refractivity contribution in [2.24, 2.45) is 0 Å². The molecule has 0 saturated heterocycles. The molecule has 2 N–H and O–H groups in total. The number of carbonyl (C=O) groups excluding carboxylic acids is 1. The van der Waals surface area contributed by atoms with E-state index in [-0.39, 0.29) is 5.56 Å². The van der Waals surface area contributed by atoms with Crippen LogP contribution in [0.3, 0.4) is 0 Å². The highest BCUT2D eigenvalue weighted by Crippen LogP contribution is 2.29. The Labute approximate surface area is 233 Å². The van der Waals surface area contributed by atoms with E-state index in [0.717, 1.165) is 23.4 Å². The molecule has 0 atom stereocenters. The largest absolute Gasteiger partial charge is 0.416 e. The highest BCUT2D eigenvalue weighted by atomic mass is 19.4. The van der Waals surface area contributed by atoms with E-state index in [1.807, 2.05) is 13.1 Å². The van der Waals surface area contributed by atoms with E-state index in [1.165, 1.54) is 12.1 Å². The van der Waals surface area contributed by atoms with Gasteiger partial charge in [-0.15, -0.1) is 0 Å². The predicted octanol–water partition coefficient (Wildman–Crippen LogP) is 5.30. The molecular weight excluding hydrogens is 535 g/mol. The second-order valence-electron chi connectivity index (χ2n) is 9.04. The Morgan fingerprint density at radius 1 is 1.07 bits per heavy atom. The number of alkyl halides is 3. The van der Waals surface area contributed by atoms with Crippen molar-refractivity contribution >= 4 is 28.7 Å². The van der Waals surface area contributed by atoms with Gasteiger partial charge in [-0.2, -0.15) is 18.3 Å². The molecule has 12 heteroatoms. The van der Waals surface area contributed by atoms with Crippen molar-refractivity contribution in [2.45, 2.75) is 19.6 Å². The second-order valence-corrected chi connectivity index (χ2v) is 9.04. The minimum Gasteiger partial charge on any atom is -0.383 e. The molecule has 0 unspecified atom stereocenters. The molecule has 41 heavy (non-hydrogen) atoms.